The zero-order valence-corrected chi connectivity index (χ0v) is 21.4. The maximum atomic E-state index is 12.7. The van der Waals surface area contributed by atoms with Crippen molar-refractivity contribution in [2.24, 2.45) is 5.92 Å². The van der Waals surface area contributed by atoms with Gasteiger partial charge in [0.2, 0.25) is 0 Å². The van der Waals surface area contributed by atoms with E-state index in [4.69, 9.17) is 14.2 Å². The minimum absolute atomic E-state index is 0. The van der Waals surface area contributed by atoms with Gasteiger partial charge in [-0.1, -0.05) is 42.5 Å². The van der Waals surface area contributed by atoms with E-state index in [1.165, 1.54) is 13.3 Å². The number of fused-ring (bicyclic) bond motifs is 3. The predicted molar refractivity (Wildman–Crippen MR) is 139 cm³/mol. The molecule has 8 nitrogen and oxygen atoms in total. The minimum Gasteiger partial charge on any atom is -0.495 e. The number of hydrogen-bond acceptors (Lipinski definition) is 8. The largest absolute Gasteiger partial charge is 0.495 e. The number of methoxy groups -OCH3 is 2. The molecular formula is C28H30ClN3O5. The highest BCUT2D eigenvalue weighted by atomic mass is 35.5. The van der Waals surface area contributed by atoms with Gasteiger partial charge >= 0.3 is 0 Å². The zero-order chi connectivity index (χ0) is 25.3. The van der Waals surface area contributed by atoms with Gasteiger partial charge in [-0.3, -0.25) is 4.98 Å². The third kappa shape index (κ3) is 3.95. The Morgan fingerprint density at radius 1 is 1.11 bits per heavy atom. The normalized spacial score (nSPS) is 27.4. The minimum atomic E-state index is -1.86. The molecule has 0 amide bonds. The molecule has 1 unspecified atom stereocenters. The summed E-state index contributed by atoms with van der Waals surface area (Å²) in [6.07, 6.45) is 1.84. The van der Waals surface area contributed by atoms with Crippen LogP contribution in [-0.2, 0) is 15.9 Å². The average Bonchev–Trinajstić information content (AvgIpc) is 3.30. The van der Waals surface area contributed by atoms with E-state index in [0.29, 0.717) is 47.9 Å². The molecule has 0 bridgehead atoms. The van der Waals surface area contributed by atoms with E-state index in [1.54, 1.807) is 37.6 Å². The van der Waals surface area contributed by atoms with Crippen molar-refractivity contribution < 1.29 is 24.4 Å². The molecule has 2 aromatic carbocycles. The third-order valence-electron chi connectivity index (χ3n) is 7.48. The van der Waals surface area contributed by atoms with Crippen LogP contribution in [-0.4, -0.2) is 55.2 Å². The highest BCUT2D eigenvalue weighted by Gasteiger charge is 2.76. The van der Waals surface area contributed by atoms with Gasteiger partial charge in [0, 0.05) is 32.0 Å². The Hall–Kier alpha value is -3.19. The van der Waals surface area contributed by atoms with Crippen molar-refractivity contribution in [2.75, 3.05) is 33.9 Å². The van der Waals surface area contributed by atoms with Crippen LogP contribution in [0.25, 0.3) is 0 Å². The first-order valence-electron chi connectivity index (χ1n) is 11.9. The van der Waals surface area contributed by atoms with E-state index in [-0.39, 0.29) is 12.4 Å². The molecule has 2 aliphatic rings. The van der Waals surface area contributed by atoms with Crippen LogP contribution in [0.1, 0.15) is 28.2 Å². The van der Waals surface area contributed by atoms with Crippen molar-refractivity contribution in [1.29, 1.82) is 5.26 Å². The van der Waals surface area contributed by atoms with Gasteiger partial charge in [0.15, 0.2) is 11.2 Å². The van der Waals surface area contributed by atoms with E-state index in [0.717, 1.165) is 5.56 Å². The number of nitrogens with zero attached hydrogens (tertiary/aromatic N) is 2. The molecule has 1 aliphatic carbocycles. The quantitative estimate of drug-likeness (QED) is 0.386. The van der Waals surface area contributed by atoms with E-state index >= 15 is 0 Å². The molecular weight excluding hydrogens is 494 g/mol. The van der Waals surface area contributed by atoms with Crippen molar-refractivity contribution in [3.63, 3.8) is 0 Å². The summed E-state index contributed by atoms with van der Waals surface area (Å²) in [6, 6.07) is 18.9. The summed E-state index contributed by atoms with van der Waals surface area (Å²) in [5.74, 6) is -0.203. The molecule has 194 valence electrons. The summed E-state index contributed by atoms with van der Waals surface area (Å²) in [6.45, 7) is 1.52. The smallest absolute Gasteiger partial charge is 0.177 e. The number of aliphatic hydroxyl groups is 2. The number of aliphatic hydroxyl groups excluding tert-OH is 1. The molecule has 1 fully saturated rings. The first-order chi connectivity index (χ1) is 17.5. The van der Waals surface area contributed by atoms with Crippen LogP contribution in [0.4, 0.5) is 0 Å². The molecule has 2 heterocycles. The van der Waals surface area contributed by atoms with Crippen LogP contribution in [0.3, 0.4) is 0 Å². The van der Waals surface area contributed by atoms with Crippen LogP contribution >= 0.6 is 12.4 Å². The van der Waals surface area contributed by atoms with Crippen molar-refractivity contribution in [3.8, 4) is 17.6 Å². The lowest BCUT2D eigenvalue weighted by molar-refractivity contribution is -0.152. The Bertz CT molecular complexity index is 1270. The number of nitrogens with one attached hydrogen (secondary N) is 1. The SMILES string of the molecule is COCCNC[C@@H]1C(c2ccccc2)[C@]2(c3ccc(C#N)cc3)Oc3cncc(OC)c3[C@]2(O)[C@@H]1O.Cl. The van der Waals surface area contributed by atoms with Gasteiger partial charge in [-0.15, -0.1) is 12.4 Å². The van der Waals surface area contributed by atoms with Gasteiger partial charge in [0.1, 0.15) is 11.5 Å². The number of hydrogen-bond donors (Lipinski definition) is 3. The number of halogens is 1. The molecule has 9 heteroatoms. The number of pyridine rings is 1. The van der Waals surface area contributed by atoms with Crippen LogP contribution in [0, 0.1) is 17.2 Å². The van der Waals surface area contributed by atoms with Crippen LogP contribution in [0.15, 0.2) is 67.0 Å². The fraction of sp³-hybridized carbons (Fsp3) is 0.357. The first-order valence-corrected chi connectivity index (χ1v) is 11.9. The first kappa shape index (κ1) is 26.9. The Labute approximate surface area is 222 Å². The molecule has 3 aromatic rings. The van der Waals surface area contributed by atoms with Gasteiger partial charge in [0.25, 0.3) is 0 Å². The van der Waals surface area contributed by atoms with Gasteiger partial charge in [0.05, 0.1) is 49.4 Å². The summed E-state index contributed by atoms with van der Waals surface area (Å²) in [7, 11) is 3.14. The number of benzene rings is 2. The Balaban J connectivity index is 0.00000320. The fourth-order valence-corrected chi connectivity index (χ4v) is 6.00. The number of nitriles is 1. The van der Waals surface area contributed by atoms with Crippen molar-refractivity contribution in [3.05, 3.63) is 89.2 Å². The molecule has 0 radical (unpaired) electrons. The molecule has 0 saturated heterocycles. The maximum Gasteiger partial charge on any atom is 0.177 e. The van der Waals surface area contributed by atoms with E-state index in [1.807, 2.05) is 30.3 Å². The van der Waals surface area contributed by atoms with Crippen molar-refractivity contribution in [1.82, 2.24) is 10.3 Å². The molecule has 37 heavy (non-hydrogen) atoms. The van der Waals surface area contributed by atoms with Crippen molar-refractivity contribution >= 4 is 12.4 Å². The molecule has 1 aliphatic heterocycles. The standard InChI is InChI=1S/C28H29N3O5.ClH/c1-34-13-12-30-15-21-24(19-6-4-3-5-7-19)28(20-10-8-18(14-29)9-11-20)27(33,26(21)32)25-22(35-2)16-31-17-23(25)36-28;/h3-11,16-17,21,24,26,30,32-33H,12-13,15H2,1-2H3;1H/t21-,24?,26-,27+,28+;/m1./s1. The molecule has 3 N–H and O–H groups in total. The third-order valence-corrected chi connectivity index (χ3v) is 7.48. The maximum absolute atomic E-state index is 12.7. The van der Waals surface area contributed by atoms with Gasteiger partial charge in [-0.2, -0.15) is 5.26 Å². The second kappa shape index (κ2) is 10.7. The Kier molecular flexibility index (Phi) is 7.74. The highest BCUT2D eigenvalue weighted by molar-refractivity contribution is 5.85. The monoisotopic (exact) mass is 523 g/mol. The second-order valence-electron chi connectivity index (χ2n) is 9.20. The van der Waals surface area contributed by atoms with Crippen LogP contribution in [0.5, 0.6) is 11.5 Å². The number of rotatable bonds is 8. The summed E-state index contributed by atoms with van der Waals surface area (Å²) in [5.41, 5.74) is -0.852. The van der Waals surface area contributed by atoms with Gasteiger partial charge in [-0.05, 0) is 23.3 Å². The molecule has 5 atom stereocenters. The number of ether oxygens (including phenoxy) is 3. The summed E-state index contributed by atoms with van der Waals surface area (Å²) >= 11 is 0. The lowest BCUT2D eigenvalue weighted by atomic mass is 9.70. The predicted octanol–water partition coefficient (Wildman–Crippen LogP) is 2.87. The average molecular weight is 524 g/mol. The number of aromatic nitrogens is 1. The Morgan fingerprint density at radius 3 is 2.49 bits per heavy atom. The van der Waals surface area contributed by atoms with Crippen LogP contribution < -0.4 is 14.8 Å². The summed E-state index contributed by atoms with van der Waals surface area (Å²) in [4.78, 5) is 4.24. The van der Waals surface area contributed by atoms with Gasteiger partial charge < -0.3 is 29.7 Å². The van der Waals surface area contributed by atoms with Gasteiger partial charge in [-0.25, -0.2) is 0 Å². The van der Waals surface area contributed by atoms with Crippen LogP contribution in [0.2, 0.25) is 0 Å². The molecule has 1 aromatic heterocycles. The summed E-state index contributed by atoms with van der Waals surface area (Å²) in [5, 5.41) is 37.4. The second-order valence-corrected chi connectivity index (χ2v) is 9.20. The van der Waals surface area contributed by atoms with E-state index in [2.05, 4.69) is 16.4 Å². The van der Waals surface area contributed by atoms with Crippen molar-refractivity contribution in [2.45, 2.75) is 23.2 Å². The lowest BCUT2D eigenvalue weighted by Gasteiger charge is -2.41. The molecule has 5 rings (SSSR count). The molecule has 1 saturated carbocycles. The highest BCUT2D eigenvalue weighted by Crippen LogP contribution is 2.69. The zero-order valence-electron chi connectivity index (χ0n) is 20.6. The summed E-state index contributed by atoms with van der Waals surface area (Å²) < 4.78 is 17.5. The van der Waals surface area contributed by atoms with E-state index < -0.39 is 29.1 Å². The van der Waals surface area contributed by atoms with E-state index in [9.17, 15) is 15.5 Å². The lowest BCUT2D eigenvalue weighted by Crippen LogP contribution is -2.52. The Morgan fingerprint density at radius 2 is 1.84 bits per heavy atom. The topological polar surface area (TPSA) is 117 Å². The molecule has 0 spiro atoms. The fourth-order valence-electron chi connectivity index (χ4n) is 6.00.